The third-order valence-corrected chi connectivity index (χ3v) is 8.62. The second-order valence-electron chi connectivity index (χ2n) is 8.44. The van der Waals surface area contributed by atoms with E-state index in [4.69, 9.17) is 23.2 Å². The summed E-state index contributed by atoms with van der Waals surface area (Å²) in [7, 11) is -3.96. The number of piperazine rings is 1. The highest BCUT2D eigenvalue weighted by molar-refractivity contribution is 7.89. The minimum Gasteiger partial charge on any atom is -0.366 e. The van der Waals surface area contributed by atoms with Gasteiger partial charge in [-0.25, -0.2) is 12.8 Å². The van der Waals surface area contributed by atoms with Crippen LogP contribution in [0.5, 0.6) is 0 Å². The summed E-state index contributed by atoms with van der Waals surface area (Å²) in [5, 5.41) is 2.82. The Morgan fingerprint density at radius 2 is 1.80 bits per heavy atom. The molecule has 0 radical (unpaired) electrons. The quantitative estimate of drug-likeness (QED) is 0.462. The van der Waals surface area contributed by atoms with Gasteiger partial charge in [0.15, 0.2) is 0 Å². The highest BCUT2D eigenvalue weighted by Gasteiger charge is 2.33. The maximum atomic E-state index is 14.5. The van der Waals surface area contributed by atoms with Gasteiger partial charge in [-0.05, 0) is 61.9 Å². The van der Waals surface area contributed by atoms with Crippen LogP contribution in [0.25, 0.3) is 0 Å². The van der Waals surface area contributed by atoms with E-state index in [0.29, 0.717) is 6.54 Å². The average molecular weight is 536 g/mol. The van der Waals surface area contributed by atoms with Gasteiger partial charge in [-0.2, -0.15) is 4.31 Å². The fraction of sp³-hybridized carbons (Fsp3) is 0.240. The minimum absolute atomic E-state index is 0.0755. The van der Waals surface area contributed by atoms with Crippen LogP contribution in [0.1, 0.15) is 22.8 Å². The van der Waals surface area contributed by atoms with Gasteiger partial charge in [-0.1, -0.05) is 41.4 Å². The summed E-state index contributed by atoms with van der Waals surface area (Å²) in [5.74, 6) is -1.68. The first-order valence-corrected chi connectivity index (χ1v) is 13.2. The van der Waals surface area contributed by atoms with Crippen molar-refractivity contribution >= 4 is 50.5 Å². The first-order chi connectivity index (χ1) is 16.6. The lowest BCUT2D eigenvalue weighted by Crippen LogP contribution is -2.53. The Kier molecular flexibility index (Phi) is 7.38. The molecule has 1 fully saturated rings. The normalized spacial score (nSPS) is 16.8. The maximum Gasteiger partial charge on any atom is 0.258 e. The summed E-state index contributed by atoms with van der Waals surface area (Å²) in [6, 6.07) is 15.8. The topological polar surface area (TPSA) is 69.7 Å². The van der Waals surface area contributed by atoms with Crippen LogP contribution in [-0.4, -0.2) is 44.3 Å². The van der Waals surface area contributed by atoms with E-state index >= 15 is 0 Å². The number of hydrogen-bond acceptors (Lipinski definition) is 4. The van der Waals surface area contributed by atoms with Crippen molar-refractivity contribution in [2.24, 2.45) is 0 Å². The fourth-order valence-corrected chi connectivity index (χ4v) is 6.00. The highest BCUT2D eigenvalue weighted by atomic mass is 35.5. The standard InChI is InChI=1S/C25H24Cl2FN3O3S/c1-16-5-3-6-18(13-16)31-12-11-30(15-17(31)2)35(33,34)19-9-10-22(28)20(14-19)25(32)29-23-8-4-7-21(26)24(23)27/h3-10,13-14,17H,11-12,15H2,1-2H3,(H,29,32)/t17-/m1/s1. The van der Waals surface area contributed by atoms with Gasteiger partial charge >= 0.3 is 0 Å². The maximum absolute atomic E-state index is 14.5. The van der Waals surface area contributed by atoms with Gasteiger partial charge in [0.05, 0.1) is 26.2 Å². The third-order valence-electron chi connectivity index (χ3n) is 5.94. The summed E-state index contributed by atoms with van der Waals surface area (Å²) in [5.41, 5.74) is 1.95. The molecule has 35 heavy (non-hydrogen) atoms. The Labute approximate surface area is 214 Å². The van der Waals surface area contributed by atoms with E-state index in [1.165, 1.54) is 16.4 Å². The van der Waals surface area contributed by atoms with E-state index in [1.807, 2.05) is 32.0 Å². The lowest BCUT2D eigenvalue weighted by atomic mass is 10.1. The summed E-state index contributed by atoms with van der Waals surface area (Å²) in [6.45, 7) is 5.00. The number of aryl methyl sites for hydroxylation is 1. The lowest BCUT2D eigenvalue weighted by molar-refractivity contribution is 0.102. The van der Waals surface area contributed by atoms with Crippen molar-refractivity contribution in [2.75, 3.05) is 29.9 Å². The molecule has 1 aliphatic heterocycles. The molecular formula is C25H24Cl2FN3O3S. The number of halogens is 3. The zero-order valence-electron chi connectivity index (χ0n) is 19.1. The zero-order valence-corrected chi connectivity index (χ0v) is 21.5. The van der Waals surface area contributed by atoms with Crippen LogP contribution in [0.3, 0.4) is 0 Å². The Balaban J connectivity index is 1.55. The van der Waals surface area contributed by atoms with Crippen LogP contribution < -0.4 is 10.2 Å². The minimum atomic E-state index is -3.96. The molecule has 10 heteroatoms. The fourth-order valence-electron chi connectivity index (χ4n) is 4.11. The van der Waals surface area contributed by atoms with E-state index in [9.17, 15) is 17.6 Å². The van der Waals surface area contributed by atoms with Gasteiger partial charge < -0.3 is 10.2 Å². The summed E-state index contributed by atoms with van der Waals surface area (Å²) in [6.07, 6.45) is 0. The number of sulfonamides is 1. The van der Waals surface area contributed by atoms with E-state index in [1.54, 1.807) is 12.1 Å². The van der Waals surface area contributed by atoms with Crippen molar-refractivity contribution in [1.29, 1.82) is 0 Å². The van der Waals surface area contributed by atoms with Crippen LogP contribution in [0.15, 0.2) is 65.6 Å². The van der Waals surface area contributed by atoms with Gasteiger partial charge in [0, 0.05) is 31.4 Å². The van der Waals surface area contributed by atoms with Crippen LogP contribution >= 0.6 is 23.2 Å². The number of carbonyl (C=O) groups is 1. The molecule has 0 bridgehead atoms. The molecule has 0 aromatic heterocycles. The van der Waals surface area contributed by atoms with Crippen LogP contribution in [0, 0.1) is 12.7 Å². The van der Waals surface area contributed by atoms with Crippen molar-refractivity contribution in [3.63, 3.8) is 0 Å². The van der Waals surface area contributed by atoms with Gasteiger partial charge in [0.2, 0.25) is 10.0 Å². The molecule has 0 saturated carbocycles. The molecule has 1 N–H and O–H groups in total. The van der Waals surface area contributed by atoms with Crippen molar-refractivity contribution < 1.29 is 17.6 Å². The van der Waals surface area contributed by atoms with Crippen molar-refractivity contribution in [3.8, 4) is 0 Å². The van der Waals surface area contributed by atoms with Crippen molar-refractivity contribution in [3.05, 3.63) is 87.7 Å². The number of carbonyl (C=O) groups excluding carboxylic acids is 1. The Morgan fingerprint density at radius 1 is 1.06 bits per heavy atom. The molecule has 4 rings (SSSR count). The number of hydrogen-bond donors (Lipinski definition) is 1. The van der Waals surface area contributed by atoms with Gasteiger partial charge in [0.25, 0.3) is 5.91 Å². The molecule has 3 aromatic carbocycles. The molecule has 1 aliphatic rings. The number of nitrogens with one attached hydrogen (secondary N) is 1. The van der Waals surface area contributed by atoms with E-state index < -0.39 is 27.3 Å². The smallest absolute Gasteiger partial charge is 0.258 e. The van der Waals surface area contributed by atoms with E-state index in [0.717, 1.165) is 23.4 Å². The Morgan fingerprint density at radius 3 is 2.51 bits per heavy atom. The molecule has 0 spiro atoms. The summed E-state index contributed by atoms with van der Waals surface area (Å²) < 4.78 is 42.7. The molecule has 3 aromatic rings. The molecule has 6 nitrogen and oxygen atoms in total. The number of benzene rings is 3. The number of nitrogens with zero attached hydrogens (tertiary/aromatic N) is 2. The van der Waals surface area contributed by atoms with Gasteiger partial charge in [-0.15, -0.1) is 0 Å². The second kappa shape index (κ2) is 10.1. The molecule has 1 saturated heterocycles. The molecular weight excluding hydrogens is 512 g/mol. The number of rotatable bonds is 5. The van der Waals surface area contributed by atoms with Crippen LogP contribution in [0.4, 0.5) is 15.8 Å². The van der Waals surface area contributed by atoms with Gasteiger partial charge in [0.1, 0.15) is 5.82 Å². The van der Waals surface area contributed by atoms with Crippen molar-refractivity contribution in [1.82, 2.24) is 4.31 Å². The lowest BCUT2D eigenvalue weighted by Gasteiger charge is -2.40. The van der Waals surface area contributed by atoms with E-state index in [-0.39, 0.29) is 39.8 Å². The summed E-state index contributed by atoms with van der Waals surface area (Å²) in [4.78, 5) is 14.8. The van der Waals surface area contributed by atoms with Gasteiger partial charge in [-0.3, -0.25) is 4.79 Å². The molecule has 184 valence electrons. The molecule has 1 atom stereocenters. The SMILES string of the molecule is Cc1cccc(N2CCN(S(=O)(=O)c3ccc(F)c(C(=O)Nc4cccc(Cl)c4Cl)c3)C[C@H]2C)c1. The summed E-state index contributed by atoms with van der Waals surface area (Å²) >= 11 is 12.1. The van der Waals surface area contributed by atoms with Crippen LogP contribution in [-0.2, 0) is 10.0 Å². The first-order valence-electron chi connectivity index (χ1n) is 11.0. The second-order valence-corrected chi connectivity index (χ2v) is 11.2. The predicted octanol–water partition coefficient (Wildman–Crippen LogP) is 5.59. The third kappa shape index (κ3) is 5.30. The largest absolute Gasteiger partial charge is 0.366 e. The Hall–Kier alpha value is -2.65. The molecule has 0 unspecified atom stereocenters. The van der Waals surface area contributed by atoms with Crippen molar-refractivity contribution in [2.45, 2.75) is 24.8 Å². The zero-order chi connectivity index (χ0) is 25.3. The Bertz CT molecular complexity index is 1380. The monoisotopic (exact) mass is 535 g/mol. The van der Waals surface area contributed by atoms with Crippen LogP contribution in [0.2, 0.25) is 10.0 Å². The number of anilines is 2. The van der Waals surface area contributed by atoms with E-state index in [2.05, 4.69) is 16.3 Å². The first kappa shape index (κ1) is 25.4. The predicted molar refractivity (Wildman–Crippen MR) is 138 cm³/mol. The molecule has 1 heterocycles. The molecule has 0 aliphatic carbocycles. The average Bonchev–Trinajstić information content (AvgIpc) is 2.82. The highest BCUT2D eigenvalue weighted by Crippen LogP contribution is 2.31. The number of amides is 1. The molecule has 1 amide bonds.